The van der Waals surface area contributed by atoms with Crippen LogP contribution in [0.3, 0.4) is 0 Å². The third kappa shape index (κ3) is 4.47. The maximum Gasteiger partial charge on any atom is 0.0212 e. The van der Waals surface area contributed by atoms with E-state index in [1.165, 1.54) is 66.0 Å². The number of nitrogens with zero attached hydrogens (tertiary/aromatic N) is 1. The third-order valence-corrected chi connectivity index (χ3v) is 6.39. The Morgan fingerprint density at radius 2 is 1.95 bits per heavy atom. The fourth-order valence-corrected chi connectivity index (χ4v) is 5.14. The number of hydrogen-bond acceptors (Lipinski definition) is 3. The van der Waals surface area contributed by atoms with E-state index in [1.54, 1.807) is 0 Å². The van der Waals surface area contributed by atoms with Gasteiger partial charge in [-0.05, 0) is 53.9 Å². The molecule has 21 heavy (non-hydrogen) atoms. The first-order valence-corrected chi connectivity index (χ1v) is 10.1. The SMILES string of the molecule is Brc1cc(CCN2CCNCC2)ccc1C1CCSCC1. The summed E-state index contributed by atoms with van der Waals surface area (Å²) in [5.41, 5.74) is 3.00. The van der Waals surface area contributed by atoms with Crippen LogP contribution in [0.25, 0.3) is 0 Å². The van der Waals surface area contributed by atoms with E-state index in [-0.39, 0.29) is 0 Å². The zero-order valence-corrected chi connectivity index (χ0v) is 15.0. The number of benzene rings is 1. The molecule has 0 unspecified atom stereocenters. The van der Waals surface area contributed by atoms with Crippen molar-refractivity contribution < 1.29 is 0 Å². The van der Waals surface area contributed by atoms with Gasteiger partial charge in [-0.2, -0.15) is 11.8 Å². The van der Waals surface area contributed by atoms with Gasteiger partial charge in [0.25, 0.3) is 0 Å². The average Bonchev–Trinajstić information content (AvgIpc) is 2.55. The molecule has 0 radical (unpaired) electrons. The van der Waals surface area contributed by atoms with Gasteiger partial charge in [-0.1, -0.05) is 28.1 Å². The van der Waals surface area contributed by atoms with Crippen LogP contribution in [-0.2, 0) is 6.42 Å². The molecule has 0 spiro atoms. The summed E-state index contributed by atoms with van der Waals surface area (Å²) in [5, 5.41) is 3.41. The minimum Gasteiger partial charge on any atom is -0.314 e. The first-order valence-electron chi connectivity index (χ1n) is 8.12. The molecule has 2 aliphatic heterocycles. The van der Waals surface area contributed by atoms with E-state index in [1.807, 2.05) is 0 Å². The van der Waals surface area contributed by atoms with Crippen LogP contribution in [0.2, 0.25) is 0 Å². The van der Waals surface area contributed by atoms with Gasteiger partial charge in [-0.3, -0.25) is 0 Å². The largest absolute Gasteiger partial charge is 0.314 e. The molecule has 0 atom stereocenters. The van der Waals surface area contributed by atoms with Crippen LogP contribution in [-0.4, -0.2) is 49.1 Å². The van der Waals surface area contributed by atoms with E-state index in [2.05, 4.69) is 56.1 Å². The van der Waals surface area contributed by atoms with Gasteiger partial charge in [0.15, 0.2) is 0 Å². The zero-order valence-electron chi connectivity index (χ0n) is 12.6. The molecule has 1 aromatic rings. The minimum atomic E-state index is 0.767. The first-order chi connectivity index (χ1) is 10.3. The van der Waals surface area contributed by atoms with E-state index in [9.17, 15) is 0 Å². The summed E-state index contributed by atoms with van der Waals surface area (Å²) in [6.45, 7) is 5.86. The van der Waals surface area contributed by atoms with Gasteiger partial charge in [0.1, 0.15) is 0 Å². The summed E-state index contributed by atoms with van der Waals surface area (Å²) >= 11 is 5.92. The summed E-state index contributed by atoms with van der Waals surface area (Å²) in [5.74, 6) is 3.41. The molecule has 2 nitrogen and oxygen atoms in total. The summed E-state index contributed by atoms with van der Waals surface area (Å²) in [4.78, 5) is 2.57. The highest BCUT2D eigenvalue weighted by Gasteiger charge is 2.18. The Kier molecular flexibility index (Phi) is 6.04. The molecule has 0 bridgehead atoms. The lowest BCUT2D eigenvalue weighted by molar-refractivity contribution is 0.244. The number of nitrogens with one attached hydrogen (secondary N) is 1. The van der Waals surface area contributed by atoms with E-state index < -0.39 is 0 Å². The molecule has 2 saturated heterocycles. The lowest BCUT2D eigenvalue weighted by Gasteiger charge is -2.27. The molecule has 0 aliphatic carbocycles. The van der Waals surface area contributed by atoms with E-state index >= 15 is 0 Å². The Labute approximate surface area is 141 Å². The van der Waals surface area contributed by atoms with Crippen LogP contribution in [0.5, 0.6) is 0 Å². The normalized spacial score (nSPS) is 21.6. The maximum atomic E-state index is 3.82. The Hall–Kier alpha value is -0.0300. The van der Waals surface area contributed by atoms with Gasteiger partial charge in [-0.25, -0.2) is 0 Å². The zero-order chi connectivity index (χ0) is 14.5. The van der Waals surface area contributed by atoms with E-state index in [0.29, 0.717) is 0 Å². The maximum absolute atomic E-state index is 3.82. The summed E-state index contributed by atoms with van der Waals surface area (Å²) < 4.78 is 1.33. The lowest BCUT2D eigenvalue weighted by atomic mass is 9.92. The van der Waals surface area contributed by atoms with Crippen LogP contribution in [0.4, 0.5) is 0 Å². The van der Waals surface area contributed by atoms with Crippen molar-refractivity contribution >= 4 is 27.7 Å². The van der Waals surface area contributed by atoms with Crippen LogP contribution < -0.4 is 5.32 Å². The highest BCUT2D eigenvalue weighted by molar-refractivity contribution is 9.10. The molecule has 2 heterocycles. The van der Waals surface area contributed by atoms with Crippen LogP contribution in [0, 0.1) is 0 Å². The Balaban J connectivity index is 1.58. The summed E-state index contributed by atoms with van der Waals surface area (Å²) in [6, 6.07) is 7.08. The van der Waals surface area contributed by atoms with Gasteiger partial charge in [0.05, 0.1) is 0 Å². The van der Waals surface area contributed by atoms with E-state index in [0.717, 1.165) is 19.0 Å². The highest BCUT2D eigenvalue weighted by atomic mass is 79.9. The molecule has 1 aromatic carbocycles. The predicted molar refractivity (Wildman–Crippen MR) is 96.5 cm³/mol. The van der Waals surface area contributed by atoms with Crippen molar-refractivity contribution in [2.24, 2.45) is 0 Å². The molecular weight excluding hydrogens is 344 g/mol. The average molecular weight is 369 g/mol. The van der Waals surface area contributed by atoms with Crippen molar-refractivity contribution in [3.8, 4) is 0 Å². The molecule has 0 saturated carbocycles. The van der Waals surface area contributed by atoms with Crippen LogP contribution in [0.1, 0.15) is 29.9 Å². The van der Waals surface area contributed by atoms with Crippen molar-refractivity contribution in [1.82, 2.24) is 10.2 Å². The highest BCUT2D eigenvalue weighted by Crippen LogP contribution is 2.35. The molecule has 0 aromatic heterocycles. The van der Waals surface area contributed by atoms with Crippen molar-refractivity contribution in [2.45, 2.75) is 25.2 Å². The molecular formula is C17H25BrN2S. The van der Waals surface area contributed by atoms with Crippen molar-refractivity contribution in [3.63, 3.8) is 0 Å². The molecule has 2 fully saturated rings. The molecule has 1 N–H and O–H groups in total. The summed E-state index contributed by atoms with van der Waals surface area (Å²) in [7, 11) is 0. The summed E-state index contributed by atoms with van der Waals surface area (Å²) in [6.07, 6.45) is 3.84. The standard InChI is InChI=1S/C17H25BrN2S/c18-17-13-14(3-8-20-9-6-19-7-10-20)1-2-16(17)15-4-11-21-12-5-15/h1-2,13,15,19H,3-12H2. The Bertz CT molecular complexity index is 454. The fourth-order valence-electron chi connectivity index (χ4n) is 3.29. The molecule has 3 rings (SSSR count). The number of thioether (sulfide) groups is 1. The number of hydrogen-bond donors (Lipinski definition) is 1. The molecule has 2 aliphatic rings. The second-order valence-electron chi connectivity index (χ2n) is 6.08. The van der Waals surface area contributed by atoms with E-state index in [4.69, 9.17) is 0 Å². The van der Waals surface area contributed by atoms with Gasteiger partial charge in [-0.15, -0.1) is 0 Å². The Morgan fingerprint density at radius 1 is 1.19 bits per heavy atom. The Morgan fingerprint density at radius 3 is 2.67 bits per heavy atom. The van der Waals surface area contributed by atoms with Crippen molar-refractivity contribution in [3.05, 3.63) is 33.8 Å². The fraction of sp³-hybridized carbons (Fsp3) is 0.647. The smallest absolute Gasteiger partial charge is 0.0212 e. The van der Waals surface area contributed by atoms with Gasteiger partial charge in [0, 0.05) is 37.2 Å². The van der Waals surface area contributed by atoms with Crippen LogP contribution >= 0.6 is 27.7 Å². The number of rotatable bonds is 4. The lowest BCUT2D eigenvalue weighted by Crippen LogP contribution is -2.44. The number of piperazine rings is 1. The monoisotopic (exact) mass is 368 g/mol. The second kappa shape index (κ2) is 8.00. The second-order valence-corrected chi connectivity index (χ2v) is 8.16. The minimum absolute atomic E-state index is 0.767. The molecule has 4 heteroatoms. The quantitative estimate of drug-likeness (QED) is 0.875. The van der Waals surface area contributed by atoms with Crippen molar-refractivity contribution in [2.75, 3.05) is 44.2 Å². The van der Waals surface area contributed by atoms with Crippen LogP contribution in [0.15, 0.2) is 22.7 Å². The predicted octanol–water partition coefficient (Wildman–Crippen LogP) is 3.51. The molecule has 116 valence electrons. The van der Waals surface area contributed by atoms with Crippen molar-refractivity contribution in [1.29, 1.82) is 0 Å². The topological polar surface area (TPSA) is 15.3 Å². The first kappa shape index (κ1) is 15.9. The third-order valence-electron chi connectivity index (χ3n) is 4.65. The number of halogens is 1. The van der Waals surface area contributed by atoms with Gasteiger partial charge >= 0.3 is 0 Å². The van der Waals surface area contributed by atoms with Gasteiger partial charge in [0.2, 0.25) is 0 Å². The van der Waals surface area contributed by atoms with Gasteiger partial charge < -0.3 is 10.2 Å². The molecule has 0 amide bonds.